The molecule has 0 atom stereocenters. The first-order valence-electron chi connectivity index (χ1n) is 6.53. The van der Waals surface area contributed by atoms with Crippen LogP contribution in [0.3, 0.4) is 0 Å². The SMILES string of the molecule is C=C(C)C(=O)OCCNC(=O)NCCCCCCO. The predicted octanol–water partition coefficient (Wildman–Crippen LogP) is 0.958. The summed E-state index contributed by atoms with van der Waals surface area (Å²) in [4.78, 5) is 22.3. The lowest BCUT2D eigenvalue weighted by Gasteiger charge is -2.08. The molecule has 0 aliphatic carbocycles. The second kappa shape index (κ2) is 11.5. The van der Waals surface area contributed by atoms with E-state index in [1.165, 1.54) is 0 Å². The van der Waals surface area contributed by atoms with Gasteiger partial charge in [0.15, 0.2) is 0 Å². The zero-order valence-electron chi connectivity index (χ0n) is 11.5. The summed E-state index contributed by atoms with van der Waals surface area (Å²) in [6, 6.07) is -0.270. The summed E-state index contributed by atoms with van der Waals surface area (Å²) in [5.41, 5.74) is 0.340. The zero-order valence-corrected chi connectivity index (χ0v) is 11.5. The Balaban J connectivity index is 3.35. The van der Waals surface area contributed by atoms with Gasteiger partial charge in [-0.05, 0) is 19.8 Å². The first-order valence-corrected chi connectivity index (χ1v) is 6.53. The van der Waals surface area contributed by atoms with Gasteiger partial charge in [-0.2, -0.15) is 0 Å². The van der Waals surface area contributed by atoms with E-state index in [4.69, 9.17) is 9.84 Å². The fraction of sp³-hybridized carbons (Fsp3) is 0.692. The minimum Gasteiger partial charge on any atom is -0.460 e. The Kier molecular flexibility index (Phi) is 10.6. The van der Waals surface area contributed by atoms with Crippen LogP contribution in [0.2, 0.25) is 0 Å². The normalized spacial score (nSPS) is 9.79. The Morgan fingerprint density at radius 1 is 1.11 bits per heavy atom. The van der Waals surface area contributed by atoms with Crippen molar-refractivity contribution in [1.29, 1.82) is 0 Å². The molecule has 0 bridgehead atoms. The van der Waals surface area contributed by atoms with Crippen molar-refractivity contribution in [3.63, 3.8) is 0 Å². The Morgan fingerprint density at radius 3 is 2.37 bits per heavy atom. The fourth-order valence-electron chi connectivity index (χ4n) is 1.29. The van der Waals surface area contributed by atoms with Crippen LogP contribution in [0.1, 0.15) is 32.6 Å². The largest absolute Gasteiger partial charge is 0.460 e. The Bertz CT molecular complexity index is 292. The highest BCUT2D eigenvalue weighted by Crippen LogP contribution is 1.97. The van der Waals surface area contributed by atoms with E-state index in [0.29, 0.717) is 12.1 Å². The number of urea groups is 1. The van der Waals surface area contributed by atoms with Crippen LogP contribution in [0.25, 0.3) is 0 Å². The molecule has 3 N–H and O–H groups in total. The molecule has 6 nitrogen and oxygen atoms in total. The van der Waals surface area contributed by atoms with Crippen LogP contribution in [0.4, 0.5) is 4.79 Å². The maximum atomic E-state index is 11.3. The van der Waals surface area contributed by atoms with Crippen molar-refractivity contribution >= 4 is 12.0 Å². The highest BCUT2D eigenvalue weighted by Gasteiger charge is 2.03. The van der Waals surface area contributed by atoms with Crippen LogP contribution in [-0.2, 0) is 9.53 Å². The minimum atomic E-state index is -0.453. The molecular weight excluding hydrogens is 248 g/mol. The smallest absolute Gasteiger partial charge is 0.333 e. The first kappa shape index (κ1) is 17.4. The monoisotopic (exact) mass is 272 g/mol. The van der Waals surface area contributed by atoms with Crippen LogP contribution >= 0.6 is 0 Å². The number of nitrogens with one attached hydrogen (secondary N) is 2. The van der Waals surface area contributed by atoms with Gasteiger partial charge in [0.2, 0.25) is 0 Å². The van der Waals surface area contributed by atoms with Crippen LogP contribution < -0.4 is 10.6 Å². The summed E-state index contributed by atoms with van der Waals surface area (Å²) in [6.45, 7) is 6.25. The summed E-state index contributed by atoms with van der Waals surface area (Å²) in [7, 11) is 0. The van der Waals surface area contributed by atoms with E-state index < -0.39 is 5.97 Å². The van der Waals surface area contributed by atoms with Gasteiger partial charge >= 0.3 is 12.0 Å². The third-order valence-corrected chi connectivity index (χ3v) is 2.34. The van der Waals surface area contributed by atoms with Crippen molar-refractivity contribution in [3.05, 3.63) is 12.2 Å². The van der Waals surface area contributed by atoms with Crippen LogP contribution in [0.5, 0.6) is 0 Å². The van der Waals surface area contributed by atoms with E-state index in [0.717, 1.165) is 25.7 Å². The van der Waals surface area contributed by atoms with Gasteiger partial charge in [0, 0.05) is 18.7 Å². The molecule has 0 aliphatic rings. The Hall–Kier alpha value is -1.56. The Morgan fingerprint density at radius 2 is 1.74 bits per heavy atom. The van der Waals surface area contributed by atoms with Crippen molar-refractivity contribution in [2.75, 3.05) is 26.3 Å². The molecule has 0 radical (unpaired) electrons. The van der Waals surface area contributed by atoms with Gasteiger partial charge in [0.1, 0.15) is 6.61 Å². The van der Waals surface area contributed by atoms with Crippen LogP contribution in [0, 0.1) is 0 Å². The molecule has 6 heteroatoms. The van der Waals surface area contributed by atoms with Crippen LogP contribution in [-0.4, -0.2) is 43.4 Å². The van der Waals surface area contributed by atoms with Gasteiger partial charge in [0.05, 0.1) is 6.54 Å². The number of carbonyl (C=O) groups is 2. The van der Waals surface area contributed by atoms with E-state index in [9.17, 15) is 9.59 Å². The second-order valence-corrected chi connectivity index (χ2v) is 4.24. The summed E-state index contributed by atoms with van der Waals surface area (Å²) in [5.74, 6) is -0.453. The quantitative estimate of drug-likeness (QED) is 0.314. The number of unbranched alkanes of at least 4 members (excludes halogenated alkanes) is 3. The van der Waals surface area contributed by atoms with Crippen molar-refractivity contribution in [3.8, 4) is 0 Å². The number of hydrogen-bond acceptors (Lipinski definition) is 4. The highest BCUT2D eigenvalue weighted by atomic mass is 16.5. The third kappa shape index (κ3) is 11.3. The van der Waals surface area contributed by atoms with E-state index in [2.05, 4.69) is 17.2 Å². The number of carbonyl (C=O) groups excluding carboxylic acids is 2. The highest BCUT2D eigenvalue weighted by molar-refractivity contribution is 5.86. The molecule has 2 amide bonds. The zero-order chi connectivity index (χ0) is 14.5. The number of rotatable bonds is 10. The van der Waals surface area contributed by atoms with Crippen LogP contribution in [0.15, 0.2) is 12.2 Å². The van der Waals surface area contributed by atoms with Crippen molar-refractivity contribution in [2.24, 2.45) is 0 Å². The molecule has 0 fully saturated rings. The van der Waals surface area contributed by atoms with E-state index in [-0.39, 0.29) is 25.8 Å². The molecule has 0 saturated carbocycles. The predicted molar refractivity (Wildman–Crippen MR) is 72.7 cm³/mol. The standard InChI is InChI=1S/C13H24N2O4/c1-11(2)12(17)19-10-8-15-13(18)14-7-5-3-4-6-9-16/h16H,1,3-10H2,2H3,(H2,14,15,18). The lowest BCUT2D eigenvalue weighted by atomic mass is 10.2. The summed E-state index contributed by atoms with van der Waals surface area (Å²) in [6.07, 6.45) is 3.64. The average Bonchev–Trinajstić information content (AvgIpc) is 2.38. The number of ether oxygens (including phenoxy) is 1. The van der Waals surface area contributed by atoms with Gasteiger partial charge in [0.25, 0.3) is 0 Å². The molecule has 0 aliphatic heterocycles. The molecule has 0 unspecified atom stereocenters. The van der Waals surface area contributed by atoms with Crippen molar-refractivity contribution in [2.45, 2.75) is 32.6 Å². The maximum Gasteiger partial charge on any atom is 0.333 e. The molecule has 0 aromatic carbocycles. The summed E-state index contributed by atoms with van der Waals surface area (Å²) < 4.78 is 4.82. The van der Waals surface area contributed by atoms with Crippen molar-refractivity contribution in [1.82, 2.24) is 10.6 Å². The maximum absolute atomic E-state index is 11.3. The molecule has 0 aromatic heterocycles. The van der Waals surface area contributed by atoms with Gasteiger partial charge in [-0.15, -0.1) is 0 Å². The molecule has 0 spiro atoms. The van der Waals surface area contributed by atoms with E-state index >= 15 is 0 Å². The van der Waals surface area contributed by atoms with Gasteiger partial charge < -0.3 is 20.5 Å². The third-order valence-electron chi connectivity index (χ3n) is 2.34. The van der Waals surface area contributed by atoms with E-state index in [1.54, 1.807) is 6.92 Å². The molecule has 19 heavy (non-hydrogen) atoms. The molecule has 0 aromatic rings. The number of amides is 2. The molecule has 0 saturated heterocycles. The first-order chi connectivity index (χ1) is 9.07. The number of hydrogen-bond donors (Lipinski definition) is 3. The lowest BCUT2D eigenvalue weighted by molar-refractivity contribution is -0.138. The van der Waals surface area contributed by atoms with E-state index in [1.807, 2.05) is 0 Å². The van der Waals surface area contributed by atoms with Gasteiger partial charge in [-0.25, -0.2) is 9.59 Å². The second-order valence-electron chi connectivity index (χ2n) is 4.24. The molecular formula is C13H24N2O4. The fourth-order valence-corrected chi connectivity index (χ4v) is 1.29. The number of esters is 1. The van der Waals surface area contributed by atoms with Crippen molar-refractivity contribution < 1.29 is 19.4 Å². The number of aliphatic hydroxyl groups excluding tert-OH is 1. The lowest BCUT2D eigenvalue weighted by Crippen LogP contribution is -2.38. The molecule has 0 rings (SSSR count). The molecule has 110 valence electrons. The van der Waals surface area contributed by atoms with Gasteiger partial charge in [-0.3, -0.25) is 0 Å². The van der Waals surface area contributed by atoms with Gasteiger partial charge in [-0.1, -0.05) is 19.4 Å². The Labute approximate surface area is 114 Å². The minimum absolute atomic E-state index is 0.135. The number of aliphatic hydroxyl groups is 1. The molecule has 0 heterocycles. The average molecular weight is 272 g/mol. The summed E-state index contributed by atoms with van der Waals surface area (Å²) >= 11 is 0. The summed E-state index contributed by atoms with van der Waals surface area (Å²) in [5, 5.41) is 13.9. The topological polar surface area (TPSA) is 87.7 Å².